The van der Waals surface area contributed by atoms with E-state index < -0.39 is 0 Å². The standard InChI is InChI=1S/C16H20N6O2/c1-2-13-19-20-14-6-5-11(10-22(13)14)8-17-9-15-18-16(21-24-15)12-4-3-7-23-12/h3-4,7,11,17H,2,5-6,8-10H2,1H3/t11-/m0/s1. The van der Waals surface area contributed by atoms with E-state index in [9.17, 15) is 0 Å². The molecule has 4 rings (SSSR count). The lowest BCUT2D eigenvalue weighted by Crippen LogP contribution is -2.30. The van der Waals surface area contributed by atoms with Crippen molar-refractivity contribution in [2.24, 2.45) is 5.92 Å². The van der Waals surface area contributed by atoms with Gasteiger partial charge in [-0.25, -0.2) is 0 Å². The molecule has 0 fully saturated rings. The van der Waals surface area contributed by atoms with Crippen molar-refractivity contribution >= 4 is 0 Å². The van der Waals surface area contributed by atoms with Crippen LogP contribution in [0.5, 0.6) is 0 Å². The van der Waals surface area contributed by atoms with Crippen molar-refractivity contribution in [3.63, 3.8) is 0 Å². The van der Waals surface area contributed by atoms with E-state index in [1.807, 2.05) is 6.07 Å². The minimum absolute atomic E-state index is 0.483. The van der Waals surface area contributed by atoms with Gasteiger partial charge in [-0.05, 0) is 24.5 Å². The number of nitrogens with one attached hydrogen (secondary N) is 1. The highest BCUT2D eigenvalue weighted by atomic mass is 16.5. The first-order chi connectivity index (χ1) is 11.8. The first kappa shape index (κ1) is 15.1. The second kappa shape index (κ2) is 6.56. The fourth-order valence-electron chi connectivity index (χ4n) is 3.09. The minimum Gasteiger partial charge on any atom is -0.461 e. The van der Waals surface area contributed by atoms with E-state index in [-0.39, 0.29) is 0 Å². The van der Waals surface area contributed by atoms with E-state index in [1.165, 1.54) is 0 Å². The molecule has 0 aromatic carbocycles. The quantitative estimate of drug-likeness (QED) is 0.737. The van der Waals surface area contributed by atoms with Crippen molar-refractivity contribution in [2.75, 3.05) is 6.54 Å². The average Bonchev–Trinajstić information content (AvgIpc) is 3.34. The lowest BCUT2D eigenvalue weighted by molar-refractivity contribution is 0.323. The van der Waals surface area contributed by atoms with Gasteiger partial charge in [0.1, 0.15) is 11.6 Å². The number of aromatic nitrogens is 5. The SMILES string of the molecule is CCc1nnc2n1C[C@H](CNCc1nc(-c3ccco3)no1)CC2. The Kier molecular flexibility index (Phi) is 4.12. The van der Waals surface area contributed by atoms with Crippen LogP contribution in [0.25, 0.3) is 11.6 Å². The Morgan fingerprint density at radius 3 is 3.17 bits per heavy atom. The summed E-state index contributed by atoms with van der Waals surface area (Å²) < 4.78 is 12.8. The van der Waals surface area contributed by atoms with Gasteiger partial charge in [-0.3, -0.25) is 0 Å². The number of hydrogen-bond acceptors (Lipinski definition) is 7. The maximum atomic E-state index is 5.26. The molecular formula is C16H20N6O2. The Hall–Kier alpha value is -2.48. The monoisotopic (exact) mass is 328 g/mol. The number of nitrogens with zero attached hydrogens (tertiary/aromatic N) is 5. The molecule has 8 nitrogen and oxygen atoms in total. The molecule has 0 bridgehead atoms. The van der Waals surface area contributed by atoms with Crippen LogP contribution < -0.4 is 5.32 Å². The fraction of sp³-hybridized carbons (Fsp3) is 0.500. The molecule has 126 valence electrons. The van der Waals surface area contributed by atoms with Crippen molar-refractivity contribution in [1.82, 2.24) is 30.2 Å². The van der Waals surface area contributed by atoms with Crippen LogP contribution in [0.1, 0.15) is 30.9 Å². The van der Waals surface area contributed by atoms with Gasteiger partial charge in [0.15, 0.2) is 5.76 Å². The predicted molar refractivity (Wildman–Crippen MR) is 84.9 cm³/mol. The first-order valence-electron chi connectivity index (χ1n) is 8.31. The maximum absolute atomic E-state index is 5.26. The largest absolute Gasteiger partial charge is 0.461 e. The van der Waals surface area contributed by atoms with Crippen LogP contribution in [-0.4, -0.2) is 31.4 Å². The topological polar surface area (TPSA) is 94.8 Å². The van der Waals surface area contributed by atoms with Gasteiger partial charge in [0.25, 0.3) is 0 Å². The molecule has 0 spiro atoms. The van der Waals surface area contributed by atoms with Crippen LogP contribution in [0.3, 0.4) is 0 Å². The molecule has 0 aliphatic carbocycles. The van der Waals surface area contributed by atoms with Crippen molar-refractivity contribution in [1.29, 1.82) is 0 Å². The van der Waals surface area contributed by atoms with Gasteiger partial charge in [0.2, 0.25) is 11.7 Å². The van der Waals surface area contributed by atoms with Crippen LogP contribution >= 0.6 is 0 Å². The highest BCUT2D eigenvalue weighted by Crippen LogP contribution is 2.20. The summed E-state index contributed by atoms with van der Waals surface area (Å²) in [4.78, 5) is 4.33. The van der Waals surface area contributed by atoms with Crippen molar-refractivity contribution < 1.29 is 8.94 Å². The lowest BCUT2D eigenvalue weighted by atomic mass is 9.99. The molecule has 0 saturated carbocycles. The van der Waals surface area contributed by atoms with Crippen LogP contribution in [0.2, 0.25) is 0 Å². The van der Waals surface area contributed by atoms with E-state index >= 15 is 0 Å². The molecule has 1 N–H and O–H groups in total. The molecular weight excluding hydrogens is 308 g/mol. The van der Waals surface area contributed by atoms with Gasteiger partial charge in [0, 0.05) is 25.9 Å². The third kappa shape index (κ3) is 2.96. The van der Waals surface area contributed by atoms with Crippen LogP contribution in [0.15, 0.2) is 27.3 Å². The summed E-state index contributed by atoms with van der Waals surface area (Å²) >= 11 is 0. The second-order valence-corrected chi connectivity index (χ2v) is 6.02. The Bertz CT molecular complexity index is 778. The molecule has 0 saturated heterocycles. The minimum atomic E-state index is 0.483. The van der Waals surface area contributed by atoms with Gasteiger partial charge in [-0.2, -0.15) is 4.98 Å². The molecule has 4 heterocycles. The van der Waals surface area contributed by atoms with E-state index in [4.69, 9.17) is 8.94 Å². The third-order valence-electron chi connectivity index (χ3n) is 4.36. The molecule has 24 heavy (non-hydrogen) atoms. The van der Waals surface area contributed by atoms with Crippen LogP contribution in [0, 0.1) is 5.92 Å². The molecule has 1 aliphatic heterocycles. The van der Waals surface area contributed by atoms with Crippen molar-refractivity contribution in [2.45, 2.75) is 39.3 Å². The second-order valence-electron chi connectivity index (χ2n) is 6.02. The van der Waals surface area contributed by atoms with Gasteiger partial charge < -0.3 is 18.8 Å². The summed E-state index contributed by atoms with van der Waals surface area (Å²) in [5.74, 6) is 4.42. The predicted octanol–water partition coefficient (Wildman–Crippen LogP) is 1.84. The smallest absolute Gasteiger partial charge is 0.241 e. The van der Waals surface area contributed by atoms with E-state index in [0.29, 0.717) is 29.9 Å². The van der Waals surface area contributed by atoms with E-state index in [0.717, 1.165) is 44.0 Å². The molecule has 0 unspecified atom stereocenters. The molecule has 0 radical (unpaired) electrons. The van der Waals surface area contributed by atoms with Crippen molar-refractivity contribution in [3.8, 4) is 11.6 Å². The maximum Gasteiger partial charge on any atom is 0.241 e. The van der Waals surface area contributed by atoms with E-state index in [1.54, 1.807) is 12.3 Å². The molecule has 1 atom stereocenters. The number of hydrogen-bond donors (Lipinski definition) is 1. The summed E-state index contributed by atoms with van der Waals surface area (Å²) in [6.45, 7) is 4.55. The van der Waals surface area contributed by atoms with Gasteiger partial charge in [-0.15, -0.1) is 10.2 Å². The third-order valence-corrected chi connectivity index (χ3v) is 4.36. The van der Waals surface area contributed by atoms with Crippen LogP contribution in [0.4, 0.5) is 0 Å². The highest BCUT2D eigenvalue weighted by molar-refractivity contribution is 5.44. The van der Waals surface area contributed by atoms with Gasteiger partial charge in [0.05, 0.1) is 12.8 Å². The Morgan fingerprint density at radius 2 is 2.33 bits per heavy atom. The summed E-state index contributed by atoms with van der Waals surface area (Å²) in [6, 6.07) is 3.61. The zero-order valence-corrected chi connectivity index (χ0v) is 13.6. The normalized spacial score (nSPS) is 17.1. The Labute approximate surface area is 139 Å². The number of aryl methyl sites for hydroxylation is 2. The summed E-state index contributed by atoms with van der Waals surface area (Å²) in [5, 5.41) is 15.9. The van der Waals surface area contributed by atoms with Crippen LogP contribution in [-0.2, 0) is 25.9 Å². The van der Waals surface area contributed by atoms with Gasteiger partial charge in [-0.1, -0.05) is 12.1 Å². The van der Waals surface area contributed by atoms with Gasteiger partial charge >= 0.3 is 0 Å². The number of rotatable bonds is 6. The summed E-state index contributed by atoms with van der Waals surface area (Å²) in [7, 11) is 0. The summed E-state index contributed by atoms with van der Waals surface area (Å²) in [6.07, 6.45) is 4.63. The highest BCUT2D eigenvalue weighted by Gasteiger charge is 2.22. The summed E-state index contributed by atoms with van der Waals surface area (Å²) in [5.41, 5.74) is 0. The van der Waals surface area contributed by atoms with E-state index in [2.05, 4.69) is 37.1 Å². The molecule has 0 amide bonds. The fourth-order valence-corrected chi connectivity index (χ4v) is 3.09. The number of fused-ring (bicyclic) bond motifs is 1. The zero-order chi connectivity index (χ0) is 16.4. The Balaban J connectivity index is 1.30. The molecule has 8 heteroatoms. The molecule has 3 aromatic rings. The molecule has 3 aromatic heterocycles. The Morgan fingerprint density at radius 1 is 1.38 bits per heavy atom. The lowest BCUT2D eigenvalue weighted by Gasteiger charge is -2.24. The molecule has 1 aliphatic rings. The van der Waals surface area contributed by atoms with Crippen molar-refractivity contribution in [3.05, 3.63) is 35.9 Å². The zero-order valence-electron chi connectivity index (χ0n) is 13.6. The first-order valence-corrected chi connectivity index (χ1v) is 8.31. The average molecular weight is 328 g/mol. The number of furan rings is 1.